The third kappa shape index (κ3) is 3.21. The van der Waals surface area contributed by atoms with Crippen LogP contribution in [0.3, 0.4) is 0 Å². The summed E-state index contributed by atoms with van der Waals surface area (Å²) in [7, 11) is 1.51. The van der Waals surface area contributed by atoms with Gasteiger partial charge < -0.3 is 4.74 Å². The van der Waals surface area contributed by atoms with E-state index < -0.39 is 6.10 Å². The molecule has 88 valence electrons. The van der Waals surface area contributed by atoms with Crippen molar-refractivity contribution in [2.75, 3.05) is 7.11 Å². The summed E-state index contributed by atoms with van der Waals surface area (Å²) in [6.07, 6.45) is 0.758. The summed E-state index contributed by atoms with van der Waals surface area (Å²) in [6, 6.07) is 5.10. The Morgan fingerprint density at radius 2 is 2.06 bits per heavy atom. The summed E-state index contributed by atoms with van der Waals surface area (Å²) in [6.45, 7) is 1.96. The Kier molecular flexibility index (Phi) is 5.26. The zero-order valence-corrected chi connectivity index (χ0v) is 10.8. The Morgan fingerprint density at radius 3 is 2.56 bits per heavy atom. The molecular weight excluding hydrogens is 247 g/mol. The van der Waals surface area contributed by atoms with Gasteiger partial charge in [0, 0.05) is 13.5 Å². The van der Waals surface area contributed by atoms with Gasteiger partial charge in [-0.25, -0.2) is 0 Å². The minimum atomic E-state index is -0.547. The standard InChI is InChI=1S/C12H14Cl2O2/c1-3-4-11(15)12(16-2)8-5-6-9(13)10(14)7-8/h5-7,12H,3-4H2,1-2H3. The van der Waals surface area contributed by atoms with E-state index in [9.17, 15) is 4.79 Å². The maximum Gasteiger partial charge on any atom is 0.166 e. The molecule has 0 bridgehead atoms. The zero-order chi connectivity index (χ0) is 12.1. The first-order chi connectivity index (χ1) is 7.60. The lowest BCUT2D eigenvalue weighted by atomic mass is 10.0. The van der Waals surface area contributed by atoms with Gasteiger partial charge in [-0.05, 0) is 24.1 Å². The van der Waals surface area contributed by atoms with Gasteiger partial charge in [0.15, 0.2) is 5.78 Å². The van der Waals surface area contributed by atoms with Crippen LogP contribution in [0.15, 0.2) is 18.2 Å². The van der Waals surface area contributed by atoms with Crippen molar-refractivity contribution in [3.05, 3.63) is 33.8 Å². The molecule has 1 atom stereocenters. The van der Waals surface area contributed by atoms with E-state index >= 15 is 0 Å². The minimum Gasteiger partial charge on any atom is -0.369 e. The number of halogens is 2. The molecule has 0 saturated heterocycles. The monoisotopic (exact) mass is 260 g/mol. The number of methoxy groups -OCH3 is 1. The van der Waals surface area contributed by atoms with Crippen molar-refractivity contribution in [1.82, 2.24) is 0 Å². The van der Waals surface area contributed by atoms with E-state index in [-0.39, 0.29) is 5.78 Å². The molecular formula is C12H14Cl2O2. The Morgan fingerprint density at radius 1 is 1.38 bits per heavy atom. The summed E-state index contributed by atoms with van der Waals surface area (Å²) in [4.78, 5) is 11.8. The van der Waals surface area contributed by atoms with Crippen LogP contribution < -0.4 is 0 Å². The van der Waals surface area contributed by atoms with Crippen LogP contribution in [0.2, 0.25) is 10.0 Å². The van der Waals surface area contributed by atoms with E-state index in [1.807, 2.05) is 6.92 Å². The highest BCUT2D eigenvalue weighted by Crippen LogP contribution is 2.28. The predicted molar refractivity (Wildman–Crippen MR) is 66.1 cm³/mol. The highest BCUT2D eigenvalue weighted by atomic mass is 35.5. The van der Waals surface area contributed by atoms with Crippen molar-refractivity contribution in [2.45, 2.75) is 25.9 Å². The fourth-order valence-corrected chi connectivity index (χ4v) is 1.81. The third-order valence-electron chi connectivity index (χ3n) is 2.27. The van der Waals surface area contributed by atoms with Gasteiger partial charge in [-0.2, -0.15) is 0 Å². The summed E-state index contributed by atoms with van der Waals surface area (Å²) >= 11 is 11.7. The first-order valence-electron chi connectivity index (χ1n) is 5.10. The number of rotatable bonds is 5. The molecule has 0 aliphatic rings. The SMILES string of the molecule is CCCC(=O)C(OC)c1ccc(Cl)c(Cl)c1. The summed E-state index contributed by atoms with van der Waals surface area (Å²) in [5, 5.41) is 0.911. The number of carbonyl (C=O) groups is 1. The Hall–Kier alpha value is -0.570. The highest BCUT2D eigenvalue weighted by Gasteiger charge is 2.19. The van der Waals surface area contributed by atoms with Crippen molar-refractivity contribution in [3.63, 3.8) is 0 Å². The maximum absolute atomic E-state index is 11.8. The van der Waals surface area contributed by atoms with Crippen molar-refractivity contribution in [1.29, 1.82) is 0 Å². The smallest absolute Gasteiger partial charge is 0.166 e. The third-order valence-corrected chi connectivity index (χ3v) is 3.01. The fourth-order valence-electron chi connectivity index (χ4n) is 1.51. The van der Waals surface area contributed by atoms with Crippen LogP contribution in [0.25, 0.3) is 0 Å². The first-order valence-corrected chi connectivity index (χ1v) is 5.86. The highest BCUT2D eigenvalue weighted by molar-refractivity contribution is 6.42. The summed E-state index contributed by atoms with van der Waals surface area (Å²) in [5.41, 5.74) is 0.746. The predicted octanol–water partition coefficient (Wildman–Crippen LogP) is 4.05. The summed E-state index contributed by atoms with van der Waals surface area (Å²) < 4.78 is 5.19. The molecule has 4 heteroatoms. The number of hydrogen-bond donors (Lipinski definition) is 0. The molecule has 1 unspecified atom stereocenters. The molecule has 0 spiro atoms. The average Bonchev–Trinajstić information content (AvgIpc) is 2.25. The largest absolute Gasteiger partial charge is 0.369 e. The van der Waals surface area contributed by atoms with Gasteiger partial charge in [-0.1, -0.05) is 36.2 Å². The van der Waals surface area contributed by atoms with E-state index in [4.69, 9.17) is 27.9 Å². The molecule has 0 aromatic heterocycles. The van der Waals surface area contributed by atoms with Gasteiger partial charge in [0.25, 0.3) is 0 Å². The lowest BCUT2D eigenvalue weighted by Crippen LogP contribution is -2.14. The van der Waals surface area contributed by atoms with E-state index in [0.717, 1.165) is 12.0 Å². The topological polar surface area (TPSA) is 26.3 Å². The molecule has 0 amide bonds. The van der Waals surface area contributed by atoms with Crippen LogP contribution in [0, 0.1) is 0 Å². The second-order valence-corrected chi connectivity index (χ2v) is 4.32. The van der Waals surface area contributed by atoms with Crippen molar-refractivity contribution in [3.8, 4) is 0 Å². The number of ether oxygens (including phenoxy) is 1. The minimum absolute atomic E-state index is 0.0587. The molecule has 0 fully saturated rings. The van der Waals surface area contributed by atoms with Crippen LogP contribution in [0.5, 0.6) is 0 Å². The number of Topliss-reactive ketones (excluding diaryl/α,β-unsaturated/α-hetero) is 1. The maximum atomic E-state index is 11.8. The number of benzene rings is 1. The Bertz CT molecular complexity index is 377. The van der Waals surface area contributed by atoms with Crippen LogP contribution in [-0.2, 0) is 9.53 Å². The average molecular weight is 261 g/mol. The van der Waals surface area contributed by atoms with Crippen LogP contribution >= 0.6 is 23.2 Å². The van der Waals surface area contributed by atoms with Crippen LogP contribution in [-0.4, -0.2) is 12.9 Å². The molecule has 0 heterocycles. The molecule has 1 aromatic rings. The normalized spacial score (nSPS) is 12.5. The molecule has 16 heavy (non-hydrogen) atoms. The number of carbonyl (C=O) groups excluding carboxylic acids is 1. The molecule has 0 aliphatic carbocycles. The van der Waals surface area contributed by atoms with Crippen molar-refractivity contribution in [2.24, 2.45) is 0 Å². The van der Waals surface area contributed by atoms with E-state index in [1.165, 1.54) is 7.11 Å². The first kappa shape index (κ1) is 13.5. The van der Waals surface area contributed by atoms with Crippen molar-refractivity contribution >= 4 is 29.0 Å². The molecule has 0 N–H and O–H groups in total. The van der Waals surface area contributed by atoms with Crippen molar-refractivity contribution < 1.29 is 9.53 Å². The van der Waals surface area contributed by atoms with E-state index in [0.29, 0.717) is 16.5 Å². The molecule has 0 saturated carbocycles. The van der Waals surface area contributed by atoms with Crippen LogP contribution in [0.4, 0.5) is 0 Å². The molecule has 0 radical (unpaired) electrons. The lowest BCUT2D eigenvalue weighted by molar-refractivity contribution is -0.129. The number of hydrogen-bond acceptors (Lipinski definition) is 2. The van der Waals surface area contributed by atoms with E-state index in [1.54, 1.807) is 18.2 Å². The molecule has 1 aromatic carbocycles. The molecule has 1 rings (SSSR count). The van der Waals surface area contributed by atoms with Gasteiger partial charge in [0.1, 0.15) is 6.10 Å². The molecule has 2 nitrogen and oxygen atoms in total. The summed E-state index contributed by atoms with van der Waals surface area (Å²) in [5.74, 6) is 0.0587. The second-order valence-electron chi connectivity index (χ2n) is 3.51. The van der Waals surface area contributed by atoms with Gasteiger partial charge >= 0.3 is 0 Å². The quantitative estimate of drug-likeness (QED) is 0.799. The molecule has 0 aliphatic heterocycles. The van der Waals surface area contributed by atoms with Gasteiger partial charge in [0.05, 0.1) is 10.0 Å². The lowest BCUT2D eigenvalue weighted by Gasteiger charge is -2.14. The Balaban J connectivity index is 2.95. The van der Waals surface area contributed by atoms with Gasteiger partial charge in [-0.3, -0.25) is 4.79 Å². The fraction of sp³-hybridized carbons (Fsp3) is 0.417. The number of ketones is 1. The van der Waals surface area contributed by atoms with E-state index in [2.05, 4.69) is 0 Å². The van der Waals surface area contributed by atoms with Gasteiger partial charge in [0.2, 0.25) is 0 Å². The zero-order valence-electron chi connectivity index (χ0n) is 9.30. The Labute approximate surface area is 106 Å². The van der Waals surface area contributed by atoms with Crippen LogP contribution in [0.1, 0.15) is 31.4 Å². The second kappa shape index (κ2) is 6.24. The van der Waals surface area contributed by atoms with Gasteiger partial charge in [-0.15, -0.1) is 0 Å².